The van der Waals surface area contributed by atoms with Crippen molar-refractivity contribution in [1.29, 1.82) is 0 Å². The molecule has 6 rings (SSSR count). The molecule has 0 aliphatic carbocycles. The molecule has 0 radical (unpaired) electrons. The van der Waals surface area contributed by atoms with Crippen LogP contribution >= 0.6 is 0 Å². The average Bonchev–Trinajstić information content (AvgIpc) is 3.34. The summed E-state index contributed by atoms with van der Waals surface area (Å²) in [6.07, 6.45) is -41.7. The van der Waals surface area contributed by atoms with Crippen molar-refractivity contribution in [2.24, 2.45) is 0 Å². The van der Waals surface area contributed by atoms with Gasteiger partial charge in [-0.05, 0) is 24.3 Å². The highest BCUT2D eigenvalue weighted by Gasteiger charge is 2.57. The zero-order valence-corrected chi connectivity index (χ0v) is 37.8. The van der Waals surface area contributed by atoms with Gasteiger partial charge in [0.2, 0.25) is 18.1 Å². The van der Waals surface area contributed by atoms with Gasteiger partial charge >= 0.3 is 0 Å². The van der Waals surface area contributed by atoms with Crippen LogP contribution in [0.4, 0.5) is 0 Å². The van der Waals surface area contributed by atoms with Crippen LogP contribution in [0.25, 0.3) is 0 Å². The molecular formula is C41H64N2O27. The van der Waals surface area contributed by atoms with E-state index in [1.807, 2.05) is 0 Å². The minimum Gasteiger partial charge on any atom is -0.497 e. The van der Waals surface area contributed by atoms with Gasteiger partial charge in [-0.3, -0.25) is 9.59 Å². The number of carbonyl (C=O) groups is 2. The van der Waals surface area contributed by atoms with Gasteiger partial charge in [0.25, 0.3) is 0 Å². The Hall–Kier alpha value is -3.16. The molecule has 0 saturated carbocycles. The molecule has 0 unspecified atom stereocenters. The zero-order chi connectivity index (χ0) is 51.3. The number of hydrogen-bond donors (Lipinski definition) is 16. The minimum atomic E-state index is -2.11. The predicted octanol–water partition coefficient (Wildman–Crippen LogP) is -9.54. The van der Waals surface area contributed by atoms with Gasteiger partial charge in [-0.1, -0.05) is 0 Å². The summed E-state index contributed by atoms with van der Waals surface area (Å²) in [4.78, 5) is 24.6. The lowest BCUT2D eigenvalue weighted by Gasteiger charge is -2.50. The summed E-state index contributed by atoms with van der Waals surface area (Å²) in [5.41, 5.74) is 0. The van der Waals surface area contributed by atoms with Gasteiger partial charge < -0.3 is 134 Å². The van der Waals surface area contributed by atoms with E-state index in [0.717, 1.165) is 13.8 Å². The monoisotopic (exact) mass is 1020 g/mol. The molecule has 0 bridgehead atoms. The highest BCUT2D eigenvalue weighted by atomic mass is 16.8. The van der Waals surface area contributed by atoms with Crippen LogP contribution in [0.15, 0.2) is 24.3 Å². The van der Waals surface area contributed by atoms with Crippen molar-refractivity contribution in [1.82, 2.24) is 10.6 Å². The number of nitrogens with one attached hydrogen (secondary N) is 2. The van der Waals surface area contributed by atoms with Crippen molar-refractivity contribution in [3.05, 3.63) is 24.3 Å². The lowest BCUT2D eigenvalue weighted by atomic mass is 9.94. The van der Waals surface area contributed by atoms with Crippen LogP contribution in [0.3, 0.4) is 0 Å². The quantitative estimate of drug-likeness (QED) is 0.0649. The fourth-order valence-corrected chi connectivity index (χ4v) is 8.70. The van der Waals surface area contributed by atoms with Gasteiger partial charge in [0.15, 0.2) is 25.2 Å². The van der Waals surface area contributed by atoms with E-state index in [4.69, 9.17) is 52.1 Å². The standard InChI is InChI=1S/C41H64N2O27/c1-13(49)42-22-27(54)24(51)17(8-44)62-37(22)69-35-25(52)18(9-45)63-40(31(35)58)67-33-20(11-47)65-38(23(28(33)55)43-14(2)50)70-36-26(53)19(10-46)64-41(32(36)59)68-34-21(12-48)66-39(30(57)29(34)56)61-16-6-4-15(60-3)5-7-16/h4-7,17-41,44-48,51-59H,8-12H2,1-3H3,(H,42,49)(H,43,50)/t17-,18-,19-,20-,21-,22-,23-,24+,25+,26+,27-,28-,29-,30-,31-,32-,33-,34-,35+,36+,37+,38-,39-,40+,41+/m1/s1. The summed E-state index contributed by atoms with van der Waals surface area (Å²) in [6, 6.07) is 2.80. The number of aliphatic hydroxyl groups is 14. The molecule has 0 aromatic heterocycles. The first-order chi connectivity index (χ1) is 33.3. The van der Waals surface area contributed by atoms with Gasteiger partial charge in [-0.15, -0.1) is 0 Å². The van der Waals surface area contributed by atoms with Crippen molar-refractivity contribution in [3.8, 4) is 11.5 Å². The Labute approximate surface area is 398 Å². The summed E-state index contributed by atoms with van der Waals surface area (Å²) in [7, 11) is 1.45. The van der Waals surface area contributed by atoms with Crippen molar-refractivity contribution in [3.63, 3.8) is 0 Å². The molecule has 5 aliphatic rings. The van der Waals surface area contributed by atoms with Crippen LogP contribution in [0, 0.1) is 0 Å². The number of carbonyl (C=O) groups excluding carboxylic acids is 2. The molecule has 25 atom stereocenters. The smallest absolute Gasteiger partial charge is 0.229 e. The van der Waals surface area contributed by atoms with E-state index in [9.17, 15) is 81.1 Å². The van der Waals surface area contributed by atoms with E-state index in [2.05, 4.69) is 10.6 Å². The van der Waals surface area contributed by atoms with E-state index >= 15 is 0 Å². The van der Waals surface area contributed by atoms with Crippen LogP contribution < -0.4 is 20.1 Å². The molecule has 400 valence electrons. The van der Waals surface area contributed by atoms with E-state index < -0.39 is 198 Å². The number of aliphatic hydroxyl groups excluding tert-OH is 14. The van der Waals surface area contributed by atoms with E-state index in [1.54, 1.807) is 12.1 Å². The summed E-state index contributed by atoms with van der Waals surface area (Å²) >= 11 is 0. The summed E-state index contributed by atoms with van der Waals surface area (Å²) < 4.78 is 62.8. The molecule has 70 heavy (non-hydrogen) atoms. The SMILES string of the molecule is COc1ccc(O[C@@H]2O[C@H](CO)[C@@H](O[C@@H]3O[C@H](CO)[C@H](O)[C@H](O[C@H]4O[C@H](CO)[C@@H](O[C@@H]5O[C@H](CO)[C@H](O)[C@H](O[C@@H]6O[C@H](CO)[C@H](O)[C@H](O)[C@H]6NC(C)=O)[C@H]5O)[C@H](O)[C@H]4NC(C)=O)[C@H]3O)[C@H](O)[C@H]2O)cc1. The largest absolute Gasteiger partial charge is 0.497 e. The average molecular weight is 1020 g/mol. The van der Waals surface area contributed by atoms with E-state index in [0.29, 0.717) is 5.75 Å². The fraction of sp³-hybridized carbons (Fsp3) is 0.805. The lowest BCUT2D eigenvalue weighted by Crippen LogP contribution is -2.70. The van der Waals surface area contributed by atoms with Crippen molar-refractivity contribution >= 4 is 11.8 Å². The van der Waals surface area contributed by atoms with Crippen molar-refractivity contribution in [2.45, 2.75) is 167 Å². The van der Waals surface area contributed by atoms with Crippen LogP contribution in [0.5, 0.6) is 11.5 Å². The second-order valence-corrected chi connectivity index (χ2v) is 17.2. The van der Waals surface area contributed by atoms with Gasteiger partial charge in [-0.2, -0.15) is 0 Å². The summed E-state index contributed by atoms with van der Waals surface area (Å²) in [5.74, 6) is -0.865. The first kappa shape index (κ1) is 56.1. The summed E-state index contributed by atoms with van der Waals surface area (Å²) in [5, 5.41) is 156. The van der Waals surface area contributed by atoms with E-state index in [-0.39, 0.29) is 5.75 Å². The van der Waals surface area contributed by atoms with Crippen LogP contribution in [0.1, 0.15) is 13.8 Å². The number of hydrogen-bond acceptors (Lipinski definition) is 27. The third kappa shape index (κ3) is 12.3. The maximum absolute atomic E-state index is 12.6. The molecule has 5 aliphatic heterocycles. The van der Waals surface area contributed by atoms with Gasteiger partial charge in [-0.25, -0.2) is 0 Å². The van der Waals surface area contributed by atoms with Crippen LogP contribution in [-0.2, 0) is 52.2 Å². The van der Waals surface area contributed by atoms with Crippen LogP contribution in [-0.4, -0.2) is 277 Å². The summed E-state index contributed by atoms with van der Waals surface area (Å²) in [6.45, 7) is -2.50. The number of rotatable bonds is 18. The number of ether oxygens (including phenoxy) is 11. The number of methoxy groups -OCH3 is 1. The second-order valence-electron chi connectivity index (χ2n) is 17.2. The molecule has 5 saturated heterocycles. The van der Waals surface area contributed by atoms with Gasteiger partial charge in [0.1, 0.15) is 133 Å². The van der Waals surface area contributed by atoms with Crippen molar-refractivity contribution in [2.75, 3.05) is 40.1 Å². The van der Waals surface area contributed by atoms with Gasteiger partial charge in [0, 0.05) is 13.8 Å². The molecule has 1 aromatic rings. The molecular weight excluding hydrogens is 952 g/mol. The first-order valence-corrected chi connectivity index (χ1v) is 22.2. The number of benzene rings is 1. The first-order valence-electron chi connectivity index (χ1n) is 22.2. The topological polar surface area (TPSA) is 443 Å². The Bertz CT molecular complexity index is 1810. The maximum Gasteiger partial charge on any atom is 0.229 e. The van der Waals surface area contributed by atoms with E-state index in [1.165, 1.54) is 19.2 Å². The molecule has 5 heterocycles. The Morgan fingerprint density at radius 1 is 0.429 bits per heavy atom. The molecule has 1 aromatic carbocycles. The predicted molar refractivity (Wildman–Crippen MR) is 221 cm³/mol. The molecule has 29 nitrogen and oxygen atoms in total. The Balaban J connectivity index is 1.19. The fourth-order valence-electron chi connectivity index (χ4n) is 8.70. The highest BCUT2D eigenvalue weighted by Crippen LogP contribution is 2.36. The minimum absolute atomic E-state index is 0.189. The zero-order valence-electron chi connectivity index (χ0n) is 37.8. The molecule has 5 fully saturated rings. The molecule has 0 spiro atoms. The Morgan fingerprint density at radius 3 is 1.21 bits per heavy atom. The Morgan fingerprint density at radius 2 is 0.786 bits per heavy atom. The molecule has 16 N–H and O–H groups in total. The molecule has 29 heteroatoms. The van der Waals surface area contributed by atoms with Crippen LogP contribution in [0.2, 0.25) is 0 Å². The van der Waals surface area contributed by atoms with Gasteiger partial charge in [0.05, 0.1) is 40.1 Å². The highest BCUT2D eigenvalue weighted by molar-refractivity contribution is 5.73. The second kappa shape index (κ2) is 24.7. The van der Waals surface area contributed by atoms with Crippen molar-refractivity contribution < 1.29 is 133 Å². The number of amides is 2. The third-order valence-corrected chi connectivity index (χ3v) is 12.4. The normalized spacial score (nSPS) is 44.6. The lowest BCUT2D eigenvalue weighted by molar-refractivity contribution is -0.383. The molecule has 2 amide bonds. The third-order valence-electron chi connectivity index (χ3n) is 12.4. The Kier molecular flexibility index (Phi) is 19.8. The maximum atomic E-state index is 12.6.